The lowest BCUT2D eigenvalue weighted by Crippen LogP contribution is -2.35. The Bertz CT molecular complexity index is 798. The molecule has 4 nitrogen and oxygen atoms in total. The first-order chi connectivity index (χ1) is 11.1. The third kappa shape index (κ3) is 3.38. The van der Waals surface area contributed by atoms with Gasteiger partial charge in [0.2, 0.25) is 0 Å². The average molecular weight is 387 g/mol. The van der Waals surface area contributed by atoms with Crippen LogP contribution >= 0.6 is 27.7 Å². The van der Waals surface area contributed by atoms with E-state index in [1.807, 2.05) is 55.5 Å². The highest BCUT2D eigenvalue weighted by Crippen LogP contribution is 2.22. The molecule has 0 amide bonds. The van der Waals surface area contributed by atoms with Gasteiger partial charge in [-0.05, 0) is 30.2 Å². The van der Waals surface area contributed by atoms with E-state index in [1.165, 1.54) is 16.8 Å². The predicted octanol–water partition coefficient (Wildman–Crippen LogP) is 4.47. The molecule has 2 aromatic carbocycles. The number of hydrazone groups is 1. The van der Waals surface area contributed by atoms with Crippen LogP contribution in [0.3, 0.4) is 0 Å². The second-order valence-electron chi connectivity index (χ2n) is 5.12. The molecule has 0 radical (unpaired) electrons. The molecule has 0 saturated heterocycles. The first kappa shape index (κ1) is 16.0. The molecule has 0 saturated carbocycles. The van der Waals surface area contributed by atoms with Gasteiger partial charge in [-0.15, -0.1) is 0 Å². The molecule has 2 aromatic rings. The van der Waals surface area contributed by atoms with Gasteiger partial charge in [-0.2, -0.15) is 10.1 Å². The quantitative estimate of drug-likeness (QED) is 0.590. The molecule has 1 heterocycles. The third-order valence-corrected chi connectivity index (χ3v) is 4.94. The smallest absolute Gasteiger partial charge is 0.183 e. The molecule has 0 atom stereocenters. The van der Waals surface area contributed by atoms with Gasteiger partial charge in [-0.3, -0.25) is 10.8 Å². The monoisotopic (exact) mass is 386 g/mol. The molecule has 0 unspecified atom stereocenters. The Hall–Kier alpha value is -1.92. The van der Waals surface area contributed by atoms with Gasteiger partial charge in [0, 0.05) is 15.8 Å². The van der Waals surface area contributed by atoms with E-state index in [4.69, 9.17) is 10.8 Å². The lowest BCUT2D eigenvalue weighted by atomic mass is 10.1. The molecule has 23 heavy (non-hydrogen) atoms. The van der Waals surface area contributed by atoms with E-state index in [-0.39, 0.29) is 11.0 Å². The van der Waals surface area contributed by atoms with Crippen molar-refractivity contribution in [2.24, 2.45) is 5.10 Å². The Morgan fingerprint density at radius 3 is 2.57 bits per heavy atom. The molecule has 3 rings (SSSR count). The fourth-order valence-corrected chi connectivity index (χ4v) is 3.30. The standard InChI is InChI=1S/C17H15BrN4S/c1-11-4-2-3-5-14(11)16(19)22-17(20)23-10-15(21-22)12-6-8-13(18)9-7-12/h2-9,19-20H,10H2,1H3. The van der Waals surface area contributed by atoms with Crippen molar-refractivity contribution in [3.8, 4) is 0 Å². The van der Waals surface area contributed by atoms with Crippen molar-refractivity contribution in [2.75, 3.05) is 5.75 Å². The number of hydrogen-bond acceptors (Lipinski definition) is 4. The number of nitrogens with zero attached hydrogens (tertiary/aromatic N) is 2. The summed E-state index contributed by atoms with van der Waals surface area (Å²) in [6, 6.07) is 15.6. The van der Waals surface area contributed by atoms with Crippen LogP contribution in [0.15, 0.2) is 58.1 Å². The number of halogens is 1. The van der Waals surface area contributed by atoms with E-state index >= 15 is 0 Å². The fraction of sp³-hybridized carbons (Fsp3) is 0.118. The Kier molecular flexibility index (Phi) is 4.63. The average Bonchev–Trinajstić information content (AvgIpc) is 2.56. The van der Waals surface area contributed by atoms with Crippen LogP contribution in [-0.2, 0) is 0 Å². The maximum absolute atomic E-state index is 8.44. The summed E-state index contributed by atoms with van der Waals surface area (Å²) in [5.41, 5.74) is 3.67. The molecular weight excluding hydrogens is 372 g/mol. The molecule has 0 aliphatic carbocycles. The summed E-state index contributed by atoms with van der Waals surface area (Å²) in [6.45, 7) is 1.96. The van der Waals surface area contributed by atoms with Gasteiger partial charge < -0.3 is 0 Å². The number of aryl methyl sites for hydroxylation is 1. The number of rotatable bonds is 2. The molecule has 0 fully saturated rings. The van der Waals surface area contributed by atoms with Crippen LogP contribution in [0.25, 0.3) is 0 Å². The van der Waals surface area contributed by atoms with Gasteiger partial charge >= 0.3 is 0 Å². The van der Waals surface area contributed by atoms with Crippen molar-refractivity contribution in [1.29, 1.82) is 10.8 Å². The van der Waals surface area contributed by atoms with Crippen LogP contribution < -0.4 is 0 Å². The highest BCUT2D eigenvalue weighted by molar-refractivity contribution is 9.10. The number of nitrogens with one attached hydrogen (secondary N) is 2. The number of amidine groups is 2. The maximum Gasteiger partial charge on any atom is 0.183 e. The number of hydrogen-bond donors (Lipinski definition) is 2. The summed E-state index contributed by atoms with van der Waals surface area (Å²) in [6.07, 6.45) is 0. The van der Waals surface area contributed by atoms with Crippen molar-refractivity contribution in [3.63, 3.8) is 0 Å². The zero-order chi connectivity index (χ0) is 16.4. The van der Waals surface area contributed by atoms with Crippen LogP contribution in [0, 0.1) is 17.7 Å². The lowest BCUT2D eigenvalue weighted by molar-refractivity contribution is 0.660. The summed E-state index contributed by atoms with van der Waals surface area (Å²) in [5.74, 6) is 0.868. The SMILES string of the molecule is Cc1ccccc1C(=N)N1N=C(c2ccc(Br)cc2)CSC1=N. The maximum atomic E-state index is 8.44. The van der Waals surface area contributed by atoms with Gasteiger partial charge in [0.25, 0.3) is 0 Å². The largest absolute Gasteiger partial charge is 0.282 e. The summed E-state index contributed by atoms with van der Waals surface area (Å²) in [5, 5.41) is 22.8. The Morgan fingerprint density at radius 1 is 1.17 bits per heavy atom. The van der Waals surface area contributed by atoms with E-state index in [1.54, 1.807) is 0 Å². The van der Waals surface area contributed by atoms with E-state index < -0.39 is 0 Å². The number of benzene rings is 2. The molecule has 0 aromatic heterocycles. The summed E-state index contributed by atoms with van der Waals surface area (Å²) in [7, 11) is 0. The zero-order valence-electron chi connectivity index (χ0n) is 12.5. The minimum atomic E-state index is 0.231. The second kappa shape index (κ2) is 6.68. The van der Waals surface area contributed by atoms with Gasteiger partial charge in [-0.25, -0.2) is 0 Å². The minimum absolute atomic E-state index is 0.231. The molecule has 2 N–H and O–H groups in total. The van der Waals surface area contributed by atoms with Gasteiger partial charge in [-0.1, -0.05) is 64.1 Å². The zero-order valence-corrected chi connectivity index (χ0v) is 14.9. The topological polar surface area (TPSA) is 63.3 Å². The first-order valence-electron chi connectivity index (χ1n) is 7.05. The Balaban J connectivity index is 1.95. The molecule has 116 valence electrons. The van der Waals surface area contributed by atoms with Crippen molar-refractivity contribution >= 4 is 44.4 Å². The highest BCUT2D eigenvalue weighted by atomic mass is 79.9. The normalized spacial score (nSPS) is 14.6. The summed E-state index contributed by atoms with van der Waals surface area (Å²) < 4.78 is 1.02. The molecule has 0 bridgehead atoms. The molecule has 6 heteroatoms. The van der Waals surface area contributed by atoms with E-state index in [9.17, 15) is 0 Å². The molecular formula is C17H15BrN4S. The molecule has 1 aliphatic rings. The van der Waals surface area contributed by atoms with Crippen LogP contribution in [0.1, 0.15) is 16.7 Å². The van der Waals surface area contributed by atoms with Crippen LogP contribution in [0.4, 0.5) is 0 Å². The van der Waals surface area contributed by atoms with Gasteiger partial charge in [0.05, 0.1) is 5.71 Å². The van der Waals surface area contributed by atoms with Crippen LogP contribution in [0.2, 0.25) is 0 Å². The fourth-order valence-electron chi connectivity index (χ4n) is 2.28. The molecule has 0 spiro atoms. The van der Waals surface area contributed by atoms with Crippen molar-refractivity contribution < 1.29 is 0 Å². The summed E-state index contributed by atoms with van der Waals surface area (Å²) >= 11 is 4.82. The van der Waals surface area contributed by atoms with Crippen LogP contribution in [-0.4, -0.2) is 27.5 Å². The second-order valence-corrected chi connectivity index (χ2v) is 7.00. The van der Waals surface area contributed by atoms with E-state index in [2.05, 4.69) is 21.0 Å². The van der Waals surface area contributed by atoms with E-state index in [0.717, 1.165) is 26.9 Å². The van der Waals surface area contributed by atoms with Crippen LogP contribution in [0.5, 0.6) is 0 Å². The summed E-state index contributed by atoms with van der Waals surface area (Å²) in [4.78, 5) is 0. The first-order valence-corrected chi connectivity index (χ1v) is 8.83. The van der Waals surface area contributed by atoms with Crippen molar-refractivity contribution in [3.05, 3.63) is 69.7 Å². The molecule has 1 aliphatic heterocycles. The third-order valence-electron chi connectivity index (χ3n) is 3.55. The van der Waals surface area contributed by atoms with Crippen molar-refractivity contribution in [2.45, 2.75) is 6.92 Å². The van der Waals surface area contributed by atoms with Gasteiger partial charge in [0.1, 0.15) is 0 Å². The number of thioether (sulfide) groups is 1. The van der Waals surface area contributed by atoms with E-state index in [0.29, 0.717) is 5.75 Å². The van der Waals surface area contributed by atoms with Crippen molar-refractivity contribution in [1.82, 2.24) is 5.01 Å². The predicted molar refractivity (Wildman–Crippen MR) is 101 cm³/mol. The lowest BCUT2D eigenvalue weighted by Gasteiger charge is -2.26. The Labute approximate surface area is 147 Å². The minimum Gasteiger partial charge on any atom is -0.282 e. The highest BCUT2D eigenvalue weighted by Gasteiger charge is 2.24. The Morgan fingerprint density at radius 2 is 1.87 bits per heavy atom. The van der Waals surface area contributed by atoms with Gasteiger partial charge in [0.15, 0.2) is 11.0 Å².